The summed E-state index contributed by atoms with van der Waals surface area (Å²) in [6, 6.07) is 0. The van der Waals surface area contributed by atoms with E-state index in [2.05, 4.69) is 20.8 Å². The Morgan fingerprint density at radius 1 is 0.824 bits per heavy atom. The Kier molecular flexibility index (Phi) is 7.57. The maximum absolute atomic E-state index is 12.8. The highest BCUT2D eigenvalue weighted by Crippen LogP contribution is 2.68. The van der Waals surface area contributed by atoms with E-state index in [1.807, 2.05) is 0 Å². The zero-order chi connectivity index (χ0) is 23.9. The lowest BCUT2D eigenvalue weighted by Gasteiger charge is -2.61. The third kappa shape index (κ3) is 4.56. The number of fused-ring (bicyclic) bond motifs is 5. The van der Waals surface area contributed by atoms with Gasteiger partial charge in [0.25, 0.3) is 0 Å². The molecule has 5 aliphatic rings. The van der Waals surface area contributed by atoms with E-state index in [4.69, 9.17) is 0 Å². The van der Waals surface area contributed by atoms with Gasteiger partial charge in [0.15, 0.2) is 0 Å². The van der Waals surface area contributed by atoms with Gasteiger partial charge in [-0.1, -0.05) is 52.9 Å². The second-order valence-corrected chi connectivity index (χ2v) is 14.4. The summed E-state index contributed by atoms with van der Waals surface area (Å²) in [7, 11) is 0. The number of hydrogen-bond acceptors (Lipinski definition) is 2. The molecular weight excluding hydrogens is 416 g/mol. The fourth-order valence-electron chi connectivity index (χ4n) is 10.9. The van der Waals surface area contributed by atoms with Gasteiger partial charge in [-0.15, -0.1) is 0 Å². The molecule has 0 aromatic heterocycles. The van der Waals surface area contributed by atoms with E-state index in [1.54, 1.807) is 0 Å². The van der Waals surface area contributed by atoms with Gasteiger partial charge in [-0.2, -0.15) is 0 Å². The average molecular weight is 471 g/mol. The van der Waals surface area contributed by atoms with Crippen molar-refractivity contribution in [2.24, 2.45) is 52.3 Å². The molecule has 5 fully saturated rings. The first-order valence-corrected chi connectivity index (χ1v) is 15.5. The Labute approximate surface area is 210 Å². The summed E-state index contributed by atoms with van der Waals surface area (Å²) in [5, 5.41) is 10.6. The maximum atomic E-state index is 12.8. The van der Waals surface area contributed by atoms with Crippen LogP contribution in [-0.4, -0.2) is 17.0 Å². The molecular formula is C32H54O2. The molecule has 0 bridgehead atoms. The summed E-state index contributed by atoms with van der Waals surface area (Å²) in [5.41, 5.74) is 1.14. The molecule has 0 spiro atoms. The quantitative estimate of drug-likeness (QED) is 0.406. The SMILES string of the molecule is C[C@H](CCC(=O)CC(O)C1CCCCC1)[C@H]1CC[C@H]2[C@@H]3CCC4CCCC[C@]4(C)[C@H]3CC[C@]12C. The van der Waals surface area contributed by atoms with Crippen molar-refractivity contribution in [1.82, 2.24) is 0 Å². The summed E-state index contributed by atoms with van der Waals surface area (Å²) < 4.78 is 0. The number of aliphatic hydroxyl groups is 1. The van der Waals surface area contributed by atoms with E-state index in [0.717, 1.165) is 48.9 Å². The minimum atomic E-state index is -0.386. The molecule has 0 heterocycles. The smallest absolute Gasteiger partial charge is 0.135 e. The van der Waals surface area contributed by atoms with Crippen LogP contribution in [-0.2, 0) is 4.79 Å². The van der Waals surface area contributed by atoms with E-state index in [-0.39, 0.29) is 6.10 Å². The second kappa shape index (κ2) is 10.2. The van der Waals surface area contributed by atoms with E-state index in [1.165, 1.54) is 83.5 Å². The van der Waals surface area contributed by atoms with Crippen molar-refractivity contribution in [2.45, 2.75) is 142 Å². The van der Waals surface area contributed by atoms with E-state index >= 15 is 0 Å². The minimum Gasteiger partial charge on any atom is -0.392 e. The van der Waals surface area contributed by atoms with Crippen molar-refractivity contribution < 1.29 is 9.90 Å². The number of ketones is 1. The normalized spacial score (nSPS) is 44.5. The van der Waals surface area contributed by atoms with Gasteiger partial charge in [0.05, 0.1) is 6.10 Å². The molecule has 1 N–H and O–H groups in total. The molecule has 2 nitrogen and oxygen atoms in total. The molecule has 0 aromatic rings. The van der Waals surface area contributed by atoms with Crippen molar-refractivity contribution in [1.29, 1.82) is 0 Å². The number of carbonyl (C=O) groups is 1. The van der Waals surface area contributed by atoms with Gasteiger partial charge in [0.2, 0.25) is 0 Å². The minimum absolute atomic E-state index is 0.317. The molecule has 194 valence electrons. The van der Waals surface area contributed by atoms with Crippen LogP contribution < -0.4 is 0 Å². The van der Waals surface area contributed by atoms with Crippen LogP contribution in [0, 0.1) is 52.3 Å². The summed E-state index contributed by atoms with van der Waals surface area (Å²) in [6.07, 6.45) is 22.5. The lowest BCUT2D eigenvalue weighted by Crippen LogP contribution is -2.53. The van der Waals surface area contributed by atoms with Gasteiger partial charge < -0.3 is 5.11 Å². The van der Waals surface area contributed by atoms with Gasteiger partial charge in [0.1, 0.15) is 5.78 Å². The van der Waals surface area contributed by atoms with Crippen LogP contribution in [0.5, 0.6) is 0 Å². The van der Waals surface area contributed by atoms with Crippen molar-refractivity contribution in [2.75, 3.05) is 0 Å². The van der Waals surface area contributed by atoms with Crippen molar-refractivity contribution in [3.63, 3.8) is 0 Å². The standard InChI is InChI=1S/C32H54O2/c1-22(12-14-25(33)21-30(34)23-9-5-4-6-10-23)27-16-17-28-26-15-13-24-11-7-8-19-31(24,2)29(26)18-20-32(27,28)3/h22-24,26-30,34H,4-21H2,1-3H3/t22-,24?,26+,27-,28+,29+,30?,31+,32-/m1/s1. The third-order valence-electron chi connectivity index (χ3n) is 12.9. The van der Waals surface area contributed by atoms with Gasteiger partial charge >= 0.3 is 0 Å². The summed E-state index contributed by atoms with van der Waals surface area (Å²) in [6.45, 7) is 7.80. The summed E-state index contributed by atoms with van der Waals surface area (Å²) >= 11 is 0. The van der Waals surface area contributed by atoms with Crippen LogP contribution in [0.25, 0.3) is 0 Å². The Bertz CT molecular complexity index is 710. The fraction of sp³-hybridized carbons (Fsp3) is 0.969. The largest absolute Gasteiger partial charge is 0.392 e. The highest BCUT2D eigenvalue weighted by Gasteiger charge is 2.60. The van der Waals surface area contributed by atoms with Gasteiger partial charge in [-0.3, -0.25) is 4.79 Å². The topological polar surface area (TPSA) is 37.3 Å². The zero-order valence-electron chi connectivity index (χ0n) is 22.7. The number of hydrogen-bond donors (Lipinski definition) is 1. The van der Waals surface area contributed by atoms with Crippen LogP contribution >= 0.6 is 0 Å². The molecule has 34 heavy (non-hydrogen) atoms. The molecule has 0 saturated heterocycles. The van der Waals surface area contributed by atoms with Crippen molar-refractivity contribution in [3.8, 4) is 0 Å². The Morgan fingerprint density at radius 3 is 2.35 bits per heavy atom. The van der Waals surface area contributed by atoms with E-state index in [9.17, 15) is 9.90 Å². The molecule has 0 amide bonds. The predicted octanol–water partition coefficient (Wildman–Crippen LogP) is 8.35. The lowest BCUT2D eigenvalue weighted by atomic mass is 9.44. The monoisotopic (exact) mass is 470 g/mol. The van der Waals surface area contributed by atoms with Gasteiger partial charge in [-0.25, -0.2) is 0 Å². The molecule has 0 aromatic carbocycles. The Hall–Kier alpha value is -0.370. The fourth-order valence-corrected chi connectivity index (χ4v) is 10.9. The predicted molar refractivity (Wildman–Crippen MR) is 140 cm³/mol. The average Bonchev–Trinajstić information content (AvgIpc) is 3.20. The lowest BCUT2D eigenvalue weighted by molar-refractivity contribution is -0.123. The number of rotatable bonds is 7. The van der Waals surface area contributed by atoms with Crippen LogP contribution in [0.2, 0.25) is 0 Å². The van der Waals surface area contributed by atoms with Crippen molar-refractivity contribution in [3.05, 3.63) is 0 Å². The number of carbonyl (C=O) groups excluding carboxylic acids is 1. The Morgan fingerprint density at radius 2 is 1.56 bits per heavy atom. The van der Waals surface area contributed by atoms with Crippen LogP contribution in [0.1, 0.15) is 136 Å². The third-order valence-corrected chi connectivity index (χ3v) is 12.9. The first-order valence-electron chi connectivity index (χ1n) is 15.5. The van der Waals surface area contributed by atoms with Gasteiger partial charge in [0, 0.05) is 12.8 Å². The second-order valence-electron chi connectivity index (χ2n) is 14.4. The van der Waals surface area contributed by atoms with Crippen molar-refractivity contribution >= 4 is 5.78 Å². The first-order chi connectivity index (χ1) is 16.3. The van der Waals surface area contributed by atoms with Crippen LogP contribution in [0.3, 0.4) is 0 Å². The van der Waals surface area contributed by atoms with Crippen LogP contribution in [0.15, 0.2) is 0 Å². The van der Waals surface area contributed by atoms with E-state index < -0.39 is 0 Å². The zero-order valence-corrected chi connectivity index (χ0v) is 22.7. The molecule has 0 aliphatic heterocycles. The molecule has 9 atom stereocenters. The summed E-state index contributed by atoms with van der Waals surface area (Å²) in [4.78, 5) is 12.8. The first kappa shape index (κ1) is 25.3. The van der Waals surface area contributed by atoms with Gasteiger partial charge in [-0.05, 0) is 123 Å². The summed E-state index contributed by atoms with van der Waals surface area (Å²) in [5.74, 6) is 6.04. The molecule has 2 heteroatoms. The maximum Gasteiger partial charge on any atom is 0.135 e. The molecule has 0 radical (unpaired) electrons. The highest BCUT2D eigenvalue weighted by atomic mass is 16.3. The Balaban J connectivity index is 1.16. The molecule has 5 aliphatic carbocycles. The molecule has 5 rings (SSSR count). The number of aliphatic hydroxyl groups excluding tert-OH is 1. The highest BCUT2D eigenvalue weighted by molar-refractivity contribution is 5.78. The molecule has 2 unspecified atom stereocenters. The van der Waals surface area contributed by atoms with Crippen LogP contribution in [0.4, 0.5) is 0 Å². The number of Topliss-reactive ketones (excluding diaryl/α,β-unsaturated/α-hetero) is 1. The van der Waals surface area contributed by atoms with E-state index in [0.29, 0.717) is 41.3 Å². The molecule has 5 saturated carbocycles.